The average Bonchev–Trinajstić information content (AvgIpc) is 3.38. The summed E-state index contributed by atoms with van der Waals surface area (Å²) in [5, 5.41) is 3.56. The molecule has 1 spiro atoms. The first-order chi connectivity index (χ1) is 22.1. The molecule has 2 heterocycles. The highest BCUT2D eigenvalue weighted by Gasteiger charge is 2.53. The highest BCUT2D eigenvalue weighted by Crippen LogP contribution is 2.57. The number of fused-ring (bicyclic) bond motifs is 6. The van der Waals surface area contributed by atoms with Gasteiger partial charge in [0.1, 0.15) is 11.5 Å². The number of esters is 1. The Labute approximate surface area is 265 Å². The fourth-order valence-electron chi connectivity index (χ4n) is 6.55. The van der Waals surface area contributed by atoms with Crippen LogP contribution in [0.1, 0.15) is 66.6 Å². The van der Waals surface area contributed by atoms with Crippen molar-refractivity contribution in [1.29, 1.82) is 0 Å². The van der Waals surface area contributed by atoms with Gasteiger partial charge in [-0.2, -0.15) is 0 Å². The first-order valence-corrected chi connectivity index (χ1v) is 16.1. The molecule has 0 amide bonds. The molecule has 2 aliphatic rings. The van der Waals surface area contributed by atoms with Gasteiger partial charge in [0.25, 0.3) is 0 Å². The Bertz CT molecular complexity index is 1830. The van der Waals surface area contributed by atoms with E-state index >= 15 is 0 Å². The van der Waals surface area contributed by atoms with Crippen LogP contribution in [-0.4, -0.2) is 19.1 Å². The first-order valence-electron chi connectivity index (χ1n) is 16.1. The second-order valence-electron chi connectivity index (χ2n) is 11.9. The van der Waals surface area contributed by atoms with Crippen molar-refractivity contribution in [1.82, 2.24) is 0 Å². The number of unbranched alkanes of at least 4 members (excludes halogenated alkanes) is 2. The van der Waals surface area contributed by atoms with E-state index in [-0.39, 0.29) is 5.97 Å². The second-order valence-corrected chi connectivity index (χ2v) is 11.9. The molecular weight excluding hydrogens is 556 g/mol. The third kappa shape index (κ3) is 5.22. The molecule has 5 nitrogen and oxygen atoms in total. The fraction of sp³-hybridized carbons (Fsp3) is 0.225. The molecule has 1 N–H and O–H groups in total. The van der Waals surface area contributed by atoms with Crippen LogP contribution in [0.3, 0.4) is 0 Å². The van der Waals surface area contributed by atoms with Crippen molar-refractivity contribution in [2.24, 2.45) is 0 Å². The zero-order valence-electron chi connectivity index (χ0n) is 25.9. The topological polar surface area (TPSA) is 50.8 Å². The van der Waals surface area contributed by atoms with Gasteiger partial charge in [-0.25, -0.2) is 4.79 Å². The van der Waals surface area contributed by atoms with Crippen LogP contribution < -0.4 is 15.0 Å². The molecule has 0 saturated carbocycles. The molecule has 0 fully saturated rings. The fourth-order valence-corrected chi connectivity index (χ4v) is 6.55. The van der Waals surface area contributed by atoms with Crippen LogP contribution in [0.4, 0.5) is 17.1 Å². The lowest BCUT2D eigenvalue weighted by Crippen LogP contribution is -2.33. The molecule has 5 heteroatoms. The molecule has 0 aliphatic carbocycles. The number of anilines is 3. The Hall–Kier alpha value is -5.03. The zero-order chi connectivity index (χ0) is 30.8. The number of hydrogen-bond donors (Lipinski definition) is 1. The van der Waals surface area contributed by atoms with E-state index in [1.165, 1.54) is 31.4 Å². The van der Waals surface area contributed by atoms with Crippen molar-refractivity contribution in [3.8, 4) is 22.6 Å². The van der Waals surface area contributed by atoms with E-state index < -0.39 is 5.60 Å². The smallest absolute Gasteiger partial charge is 0.340 e. The van der Waals surface area contributed by atoms with Crippen LogP contribution in [0.2, 0.25) is 0 Å². The zero-order valence-corrected chi connectivity index (χ0v) is 25.9. The molecule has 0 aromatic heterocycles. The van der Waals surface area contributed by atoms with Crippen LogP contribution in [0.5, 0.6) is 11.5 Å². The summed E-state index contributed by atoms with van der Waals surface area (Å²) in [6.45, 7) is 6.64. The minimum Gasteiger partial charge on any atom is -0.456 e. The van der Waals surface area contributed by atoms with Gasteiger partial charge in [-0.3, -0.25) is 0 Å². The third-order valence-corrected chi connectivity index (χ3v) is 8.90. The number of carbonyl (C=O) groups excluding carboxylic acids is 1. The van der Waals surface area contributed by atoms with Crippen molar-refractivity contribution in [2.75, 3.05) is 23.3 Å². The summed E-state index contributed by atoms with van der Waals surface area (Å²) in [5.41, 5.74) is 7.20. The van der Waals surface area contributed by atoms with E-state index in [1.54, 1.807) is 0 Å². The third-order valence-electron chi connectivity index (χ3n) is 8.90. The summed E-state index contributed by atoms with van der Waals surface area (Å²) in [5.74, 6) is 1.00. The summed E-state index contributed by atoms with van der Waals surface area (Å²) in [6, 6.07) is 38.8. The highest BCUT2D eigenvalue weighted by atomic mass is 16.6. The minimum atomic E-state index is -1.11. The molecule has 5 aromatic rings. The van der Waals surface area contributed by atoms with Crippen molar-refractivity contribution in [3.63, 3.8) is 0 Å². The van der Waals surface area contributed by atoms with Crippen LogP contribution in [0.15, 0.2) is 115 Å². The summed E-state index contributed by atoms with van der Waals surface area (Å²) in [7, 11) is 0. The Morgan fingerprint density at radius 1 is 0.644 bits per heavy atom. The Morgan fingerprint density at radius 3 is 2.11 bits per heavy atom. The number of hydrogen-bond acceptors (Lipinski definition) is 5. The normalized spacial score (nSPS) is 15.9. The maximum Gasteiger partial charge on any atom is 0.340 e. The van der Waals surface area contributed by atoms with Gasteiger partial charge in [0.15, 0.2) is 5.60 Å². The summed E-state index contributed by atoms with van der Waals surface area (Å²) >= 11 is 0. The van der Waals surface area contributed by atoms with E-state index in [0.717, 1.165) is 52.3 Å². The van der Waals surface area contributed by atoms with Crippen molar-refractivity contribution < 1.29 is 14.3 Å². The number of nitrogens with one attached hydrogen (secondary N) is 1. The molecule has 1 atom stereocenters. The number of rotatable bonds is 10. The quantitative estimate of drug-likeness (QED) is 0.163. The van der Waals surface area contributed by atoms with Crippen molar-refractivity contribution in [2.45, 2.75) is 45.1 Å². The predicted octanol–water partition coefficient (Wildman–Crippen LogP) is 10.1. The van der Waals surface area contributed by atoms with Crippen molar-refractivity contribution in [3.05, 3.63) is 138 Å². The predicted molar refractivity (Wildman–Crippen MR) is 182 cm³/mol. The number of nitrogens with zero attached hydrogens (tertiary/aromatic N) is 1. The van der Waals surface area contributed by atoms with Gasteiger partial charge < -0.3 is 19.7 Å². The number of ether oxygens (including phenoxy) is 2. The van der Waals surface area contributed by atoms with Crippen LogP contribution >= 0.6 is 0 Å². The van der Waals surface area contributed by atoms with Gasteiger partial charge in [0, 0.05) is 52.9 Å². The summed E-state index contributed by atoms with van der Waals surface area (Å²) < 4.78 is 13.0. The largest absolute Gasteiger partial charge is 0.456 e. The van der Waals surface area contributed by atoms with Crippen LogP contribution in [0.25, 0.3) is 11.1 Å². The molecule has 45 heavy (non-hydrogen) atoms. The first kappa shape index (κ1) is 28.7. The maximum absolute atomic E-state index is 13.3. The SMILES string of the molecule is CCCCN(CCCC)c1ccc(Nc2ccc3c(c2)Oc2ccc(-c4ccccc4)cc2C32OC(=O)c3ccccc32)cc1. The maximum atomic E-state index is 13.3. The van der Waals surface area contributed by atoms with Crippen LogP contribution in [-0.2, 0) is 10.3 Å². The van der Waals surface area contributed by atoms with Gasteiger partial charge in [-0.05, 0) is 78.6 Å². The number of carbonyl (C=O) groups is 1. The van der Waals surface area contributed by atoms with Crippen LogP contribution in [0, 0.1) is 0 Å². The molecule has 0 bridgehead atoms. The molecule has 0 radical (unpaired) electrons. The molecule has 5 aromatic carbocycles. The average molecular weight is 595 g/mol. The van der Waals surface area contributed by atoms with Gasteiger partial charge in [0.05, 0.1) is 5.56 Å². The lowest BCUT2D eigenvalue weighted by molar-refractivity contribution is 0.0224. The second kappa shape index (κ2) is 12.2. The standard InChI is InChI=1S/C40H38N2O3/c1-3-5-24-42(25-6-4-2)32-20-17-30(18-21-32)41-31-19-22-35-38(27-31)44-37-23-16-29(28-12-8-7-9-13-28)26-36(37)40(35)34-15-11-10-14-33(34)39(43)45-40/h7-23,26-27,41H,3-6,24-25H2,1-2H3. The molecule has 0 saturated heterocycles. The molecule has 2 aliphatic heterocycles. The van der Waals surface area contributed by atoms with Crippen molar-refractivity contribution >= 4 is 23.0 Å². The molecule has 7 rings (SSSR count). The van der Waals surface area contributed by atoms with Gasteiger partial charge in [0.2, 0.25) is 0 Å². The van der Waals surface area contributed by atoms with E-state index in [4.69, 9.17) is 9.47 Å². The summed E-state index contributed by atoms with van der Waals surface area (Å²) in [6.07, 6.45) is 4.76. The lowest BCUT2D eigenvalue weighted by Gasteiger charge is -2.37. The minimum absolute atomic E-state index is 0.330. The van der Waals surface area contributed by atoms with E-state index in [0.29, 0.717) is 17.1 Å². The Kier molecular flexibility index (Phi) is 7.76. The van der Waals surface area contributed by atoms with Gasteiger partial charge in [-0.1, -0.05) is 81.3 Å². The Balaban J connectivity index is 1.24. The van der Waals surface area contributed by atoms with E-state index in [9.17, 15) is 4.79 Å². The molecule has 226 valence electrons. The molecule has 1 unspecified atom stereocenters. The van der Waals surface area contributed by atoms with Gasteiger partial charge in [-0.15, -0.1) is 0 Å². The lowest BCUT2D eigenvalue weighted by atomic mass is 9.77. The Morgan fingerprint density at radius 2 is 1.36 bits per heavy atom. The molecular formula is C40H38N2O3. The van der Waals surface area contributed by atoms with E-state index in [1.807, 2.05) is 66.7 Å². The highest BCUT2D eigenvalue weighted by molar-refractivity contribution is 5.97. The number of benzene rings is 5. The van der Waals surface area contributed by atoms with E-state index in [2.05, 4.69) is 72.6 Å². The summed E-state index contributed by atoms with van der Waals surface area (Å²) in [4.78, 5) is 15.8. The van der Waals surface area contributed by atoms with Gasteiger partial charge >= 0.3 is 5.97 Å². The monoisotopic (exact) mass is 594 g/mol.